The van der Waals surface area contributed by atoms with Crippen LogP contribution >= 0.6 is 0 Å². The molecule has 0 saturated carbocycles. The molecule has 1 N–H and O–H groups in total. The molecule has 0 heterocycles. The van der Waals surface area contributed by atoms with E-state index in [0.29, 0.717) is 18.4 Å². The molecule has 15 heavy (non-hydrogen) atoms. The van der Waals surface area contributed by atoms with Crippen molar-refractivity contribution in [3.63, 3.8) is 0 Å². The summed E-state index contributed by atoms with van der Waals surface area (Å²) in [4.78, 5) is 0. The fourth-order valence-corrected chi connectivity index (χ4v) is 2.22. The molecule has 86 valence electrons. The summed E-state index contributed by atoms with van der Waals surface area (Å²) in [5, 5.41) is 9.16. The second kappa shape index (κ2) is 6.12. The van der Waals surface area contributed by atoms with E-state index in [1.807, 2.05) is 0 Å². The highest BCUT2D eigenvalue weighted by molar-refractivity contribution is 5.09. The number of hydrogen-bond donors (Lipinski definition) is 1. The number of hydrogen-bond acceptors (Lipinski definition) is 1. The predicted molar refractivity (Wildman–Crippen MR) is 65.7 cm³/mol. The zero-order valence-corrected chi connectivity index (χ0v) is 10.3. The Morgan fingerprint density at radius 3 is 2.80 bits per heavy atom. The van der Waals surface area contributed by atoms with E-state index in [1.54, 1.807) is 5.57 Å². The second-order valence-electron chi connectivity index (χ2n) is 5.04. The average molecular weight is 208 g/mol. The van der Waals surface area contributed by atoms with Crippen LogP contribution < -0.4 is 0 Å². The molecule has 0 unspecified atom stereocenters. The van der Waals surface area contributed by atoms with Crippen molar-refractivity contribution in [2.45, 2.75) is 46.5 Å². The van der Waals surface area contributed by atoms with Gasteiger partial charge < -0.3 is 5.11 Å². The van der Waals surface area contributed by atoms with Crippen LogP contribution in [0.5, 0.6) is 0 Å². The molecule has 1 aliphatic rings. The Labute approximate surface area is 93.9 Å². The third kappa shape index (κ3) is 4.21. The molecule has 0 radical (unpaired) electrons. The summed E-state index contributed by atoms with van der Waals surface area (Å²) < 4.78 is 0. The molecule has 0 saturated heterocycles. The van der Waals surface area contributed by atoms with Crippen LogP contribution in [-0.2, 0) is 0 Å². The summed E-state index contributed by atoms with van der Waals surface area (Å²) >= 11 is 0. The first kappa shape index (κ1) is 12.5. The summed E-state index contributed by atoms with van der Waals surface area (Å²) in [6.45, 7) is 6.91. The first-order valence-corrected chi connectivity index (χ1v) is 6.05. The maximum absolute atomic E-state index is 9.16. The zero-order chi connectivity index (χ0) is 11.3. The summed E-state index contributed by atoms with van der Waals surface area (Å²) in [5.74, 6) is 1.15. The minimum Gasteiger partial charge on any atom is -0.396 e. The van der Waals surface area contributed by atoms with Gasteiger partial charge in [0, 0.05) is 6.61 Å². The van der Waals surface area contributed by atoms with Gasteiger partial charge in [0.15, 0.2) is 0 Å². The van der Waals surface area contributed by atoms with Crippen LogP contribution in [0.15, 0.2) is 23.3 Å². The predicted octanol–water partition coefficient (Wildman–Crippen LogP) is 3.70. The summed E-state index contributed by atoms with van der Waals surface area (Å²) in [6, 6.07) is 0. The monoisotopic (exact) mass is 208 g/mol. The second-order valence-corrected chi connectivity index (χ2v) is 5.04. The lowest BCUT2D eigenvalue weighted by Gasteiger charge is -2.27. The molecule has 1 nitrogen and oxygen atoms in total. The van der Waals surface area contributed by atoms with Crippen molar-refractivity contribution in [1.29, 1.82) is 0 Å². The highest BCUT2D eigenvalue weighted by Gasteiger charge is 2.20. The van der Waals surface area contributed by atoms with E-state index in [9.17, 15) is 0 Å². The van der Waals surface area contributed by atoms with Gasteiger partial charge in [0.05, 0.1) is 0 Å². The summed E-state index contributed by atoms with van der Waals surface area (Å²) in [6.07, 6.45) is 9.28. The molecule has 0 spiro atoms. The molecule has 0 aromatic rings. The first-order chi connectivity index (χ1) is 7.13. The maximum atomic E-state index is 9.16. The van der Waals surface area contributed by atoms with E-state index >= 15 is 0 Å². The molecule has 1 heteroatoms. The van der Waals surface area contributed by atoms with Crippen LogP contribution in [0, 0.1) is 11.8 Å². The Balaban J connectivity index is 2.38. The van der Waals surface area contributed by atoms with Crippen molar-refractivity contribution in [3.8, 4) is 0 Å². The van der Waals surface area contributed by atoms with Gasteiger partial charge in [0.2, 0.25) is 0 Å². The van der Waals surface area contributed by atoms with Crippen molar-refractivity contribution in [2.24, 2.45) is 11.8 Å². The van der Waals surface area contributed by atoms with Crippen molar-refractivity contribution < 1.29 is 5.11 Å². The van der Waals surface area contributed by atoms with Gasteiger partial charge in [0.25, 0.3) is 0 Å². The molecule has 0 aromatic carbocycles. The van der Waals surface area contributed by atoms with Gasteiger partial charge in [-0.1, -0.05) is 30.2 Å². The molecular weight excluding hydrogens is 184 g/mol. The van der Waals surface area contributed by atoms with E-state index in [0.717, 1.165) is 6.42 Å². The van der Waals surface area contributed by atoms with Gasteiger partial charge in [-0.2, -0.15) is 0 Å². The Morgan fingerprint density at radius 2 is 2.27 bits per heavy atom. The summed E-state index contributed by atoms with van der Waals surface area (Å²) in [5.41, 5.74) is 3.00. The molecule has 1 rings (SSSR count). The maximum Gasteiger partial charge on any atom is 0.0464 e. The normalized spacial score (nSPS) is 26.0. The molecule has 0 amide bonds. The minimum atomic E-state index is 0.346. The third-order valence-corrected chi connectivity index (χ3v) is 3.35. The van der Waals surface area contributed by atoms with Crippen LogP contribution in [-0.4, -0.2) is 11.7 Å². The number of aliphatic hydroxyl groups excluding tert-OH is 1. The molecule has 0 aliphatic heterocycles. The molecule has 0 fully saturated rings. The number of rotatable bonds is 4. The minimum absolute atomic E-state index is 0.346. The Kier molecular flexibility index (Phi) is 5.10. The smallest absolute Gasteiger partial charge is 0.0464 e. The lowest BCUT2D eigenvalue weighted by atomic mass is 9.80. The van der Waals surface area contributed by atoms with Crippen LogP contribution in [0.4, 0.5) is 0 Å². The lowest BCUT2D eigenvalue weighted by Crippen LogP contribution is -2.19. The van der Waals surface area contributed by atoms with Gasteiger partial charge in [0.1, 0.15) is 0 Å². The van der Waals surface area contributed by atoms with Crippen molar-refractivity contribution >= 4 is 0 Å². The number of aliphatic hydroxyl groups is 1. The van der Waals surface area contributed by atoms with Gasteiger partial charge in [-0.15, -0.1) is 0 Å². The van der Waals surface area contributed by atoms with E-state index in [-0.39, 0.29) is 0 Å². The van der Waals surface area contributed by atoms with Crippen molar-refractivity contribution in [2.75, 3.05) is 6.61 Å². The Bertz CT molecular complexity index is 246. The van der Waals surface area contributed by atoms with E-state index in [4.69, 9.17) is 5.11 Å². The Hall–Kier alpha value is -0.560. The van der Waals surface area contributed by atoms with Gasteiger partial charge in [-0.3, -0.25) is 0 Å². The van der Waals surface area contributed by atoms with Crippen LogP contribution in [0.3, 0.4) is 0 Å². The standard InChI is InChI=1S/C14H24O/c1-11(2)5-4-6-13-7-8-14(10-15)12(3)9-13/h5,7,12,14-15H,4,6,8-10H2,1-3H3/t12-,14+/m1/s1. The fraction of sp³-hybridized carbons (Fsp3) is 0.714. The third-order valence-electron chi connectivity index (χ3n) is 3.35. The SMILES string of the molecule is CC(C)=CCCC1=CC[C@@H](CO)[C@H](C)C1. The highest BCUT2D eigenvalue weighted by atomic mass is 16.3. The highest BCUT2D eigenvalue weighted by Crippen LogP contribution is 2.31. The Morgan fingerprint density at radius 1 is 1.53 bits per heavy atom. The van der Waals surface area contributed by atoms with Crippen LogP contribution in [0.1, 0.15) is 46.5 Å². The van der Waals surface area contributed by atoms with Gasteiger partial charge in [-0.05, 0) is 51.4 Å². The fourth-order valence-electron chi connectivity index (χ4n) is 2.22. The van der Waals surface area contributed by atoms with Crippen LogP contribution in [0.2, 0.25) is 0 Å². The van der Waals surface area contributed by atoms with Crippen molar-refractivity contribution in [1.82, 2.24) is 0 Å². The molecule has 0 bridgehead atoms. The lowest BCUT2D eigenvalue weighted by molar-refractivity contribution is 0.176. The van der Waals surface area contributed by atoms with Gasteiger partial charge in [-0.25, -0.2) is 0 Å². The van der Waals surface area contributed by atoms with Crippen molar-refractivity contribution in [3.05, 3.63) is 23.3 Å². The largest absolute Gasteiger partial charge is 0.396 e. The van der Waals surface area contributed by atoms with Crippen LogP contribution in [0.25, 0.3) is 0 Å². The molecule has 1 aliphatic carbocycles. The topological polar surface area (TPSA) is 20.2 Å². The average Bonchev–Trinajstić information content (AvgIpc) is 2.17. The van der Waals surface area contributed by atoms with E-state index in [2.05, 4.69) is 32.9 Å². The molecule has 0 aromatic heterocycles. The van der Waals surface area contributed by atoms with E-state index < -0.39 is 0 Å². The quantitative estimate of drug-likeness (QED) is 0.698. The molecular formula is C14H24O. The zero-order valence-electron chi connectivity index (χ0n) is 10.3. The molecule has 2 atom stereocenters. The number of allylic oxidation sites excluding steroid dienone is 4. The first-order valence-electron chi connectivity index (χ1n) is 6.05. The van der Waals surface area contributed by atoms with Gasteiger partial charge >= 0.3 is 0 Å². The summed E-state index contributed by atoms with van der Waals surface area (Å²) in [7, 11) is 0. The van der Waals surface area contributed by atoms with E-state index in [1.165, 1.54) is 24.8 Å².